The predicted octanol–water partition coefficient (Wildman–Crippen LogP) is 2.37. The van der Waals surface area contributed by atoms with Crippen molar-refractivity contribution in [1.82, 2.24) is 25.5 Å². The van der Waals surface area contributed by atoms with Gasteiger partial charge in [0.15, 0.2) is 0 Å². The standard InChI is InChI=1S/C12H15ClFN5S/c1-2-15-6-7-19-12(16-17-18-19)20-8-9-10(13)4-3-5-11(9)14/h3-5,15H,2,6-8H2,1H3. The number of nitrogens with one attached hydrogen (secondary N) is 1. The van der Waals surface area contributed by atoms with E-state index >= 15 is 0 Å². The van der Waals surface area contributed by atoms with Crippen molar-refractivity contribution < 1.29 is 4.39 Å². The molecule has 0 bridgehead atoms. The Morgan fingerprint density at radius 2 is 2.30 bits per heavy atom. The van der Waals surface area contributed by atoms with E-state index in [4.69, 9.17) is 11.6 Å². The number of hydrogen-bond donors (Lipinski definition) is 1. The van der Waals surface area contributed by atoms with Crippen LogP contribution >= 0.6 is 23.4 Å². The van der Waals surface area contributed by atoms with Crippen LogP contribution in [-0.2, 0) is 12.3 Å². The van der Waals surface area contributed by atoms with E-state index < -0.39 is 0 Å². The summed E-state index contributed by atoms with van der Waals surface area (Å²) in [5, 5.41) is 15.8. The number of nitrogens with zero attached hydrogens (tertiary/aromatic N) is 4. The number of hydrogen-bond acceptors (Lipinski definition) is 5. The Bertz CT molecular complexity index is 542. The molecule has 1 aromatic heterocycles. The number of likely N-dealkylation sites (N-methyl/N-ethyl adjacent to an activating group) is 1. The van der Waals surface area contributed by atoms with E-state index in [1.807, 2.05) is 6.92 Å². The Labute approximate surface area is 125 Å². The van der Waals surface area contributed by atoms with Gasteiger partial charge in [-0.1, -0.05) is 36.4 Å². The van der Waals surface area contributed by atoms with Gasteiger partial charge in [0.2, 0.25) is 5.16 Å². The van der Waals surface area contributed by atoms with Crippen molar-refractivity contribution in [3.05, 3.63) is 34.6 Å². The molecule has 0 amide bonds. The molecule has 1 aromatic carbocycles. The molecule has 1 heterocycles. The van der Waals surface area contributed by atoms with Crippen LogP contribution in [0.1, 0.15) is 12.5 Å². The Morgan fingerprint density at radius 3 is 3.05 bits per heavy atom. The second-order valence-corrected chi connectivity index (χ2v) is 5.38. The lowest BCUT2D eigenvalue weighted by Crippen LogP contribution is -2.20. The third kappa shape index (κ3) is 3.91. The highest BCUT2D eigenvalue weighted by atomic mass is 35.5. The van der Waals surface area contributed by atoms with E-state index in [1.54, 1.807) is 16.8 Å². The second-order valence-electron chi connectivity index (χ2n) is 4.03. The van der Waals surface area contributed by atoms with Crippen molar-refractivity contribution in [1.29, 1.82) is 0 Å². The largest absolute Gasteiger partial charge is 0.315 e. The molecule has 0 aliphatic carbocycles. The van der Waals surface area contributed by atoms with Gasteiger partial charge in [0.1, 0.15) is 5.82 Å². The van der Waals surface area contributed by atoms with Crippen molar-refractivity contribution in [2.24, 2.45) is 0 Å². The third-order valence-corrected chi connectivity index (χ3v) is 3.99. The number of halogens is 2. The maximum atomic E-state index is 13.7. The SMILES string of the molecule is CCNCCn1nnnc1SCc1c(F)cccc1Cl. The van der Waals surface area contributed by atoms with E-state index in [0.29, 0.717) is 28.0 Å². The molecule has 108 valence electrons. The fourth-order valence-electron chi connectivity index (χ4n) is 1.61. The summed E-state index contributed by atoms with van der Waals surface area (Å²) in [6.07, 6.45) is 0. The quantitative estimate of drug-likeness (QED) is 0.628. The van der Waals surface area contributed by atoms with E-state index in [2.05, 4.69) is 20.8 Å². The van der Waals surface area contributed by atoms with Gasteiger partial charge in [-0.3, -0.25) is 0 Å². The normalized spacial score (nSPS) is 10.9. The van der Waals surface area contributed by atoms with Gasteiger partial charge in [-0.05, 0) is 29.1 Å². The summed E-state index contributed by atoms with van der Waals surface area (Å²) in [6.45, 7) is 4.40. The molecule has 0 aliphatic rings. The summed E-state index contributed by atoms with van der Waals surface area (Å²) in [6, 6.07) is 4.66. The molecular weight excluding hydrogens is 301 g/mol. The lowest BCUT2D eigenvalue weighted by Gasteiger charge is -2.06. The lowest BCUT2D eigenvalue weighted by atomic mass is 10.2. The predicted molar refractivity (Wildman–Crippen MR) is 77.3 cm³/mol. The second kappa shape index (κ2) is 7.56. The zero-order valence-electron chi connectivity index (χ0n) is 11.0. The van der Waals surface area contributed by atoms with Gasteiger partial charge in [0.05, 0.1) is 6.54 Å². The van der Waals surface area contributed by atoms with Crippen LogP contribution in [0.3, 0.4) is 0 Å². The Morgan fingerprint density at radius 1 is 1.45 bits per heavy atom. The minimum atomic E-state index is -0.309. The van der Waals surface area contributed by atoms with E-state index in [1.165, 1.54) is 17.8 Å². The first-order valence-electron chi connectivity index (χ1n) is 6.25. The summed E-state index contributed by atoms with van der Waals surface area (Å²) in [5.41, 5.74) is 0.473. The average molecular weight is 316 g/mol. The summed E-state index contributed by atoms with van der Waals surface area (Å²) in [4.78, 5) is 0. The van der Waals surface area contributed by atoms with E-state index in [-0.39, 0.29) is 5.82 Å². The molecular formula is C12H15ClFN5S. The Kier molecular flexibility index (Phi) is 5.75. The molecule has 2 aromatic rings. The van der Waals surface area contributed by atoms with Gasteiger partial charge in [-0.15, -0.1) is 5.10 Å². The van der Waals surface area contributed by atoms with Crippen LogP contribution in [0.15, 0.2) is 23.4 Å². The molecule has 0 radical (unpaired) electrons. The van der Waals surface area contributed by atoms with Crippen LogP contribution in [0.25, 0.3) is 0 Å². The molecule has 2 rings (SSSR count). The highest BCUT2D eigenvalue weighted by molar-refractivity contribution is 7.98. The van der Waals surface area contributed by atoms with Crippen LogP contribution in [0, 0.1) is 5.82 Å². The van der Waals surface area contributed by atoms with E-state index in [0.717, 1.165) is 13.1 Å². The molecule has 1 N–H and O–H groups in total. The Balaban J connectivity index is 1.99. The van der Waals surface area contributed by atoms with Crippen LogP contribution in [0.2, 0.25) is 5.02 Å². The number of benzene rings is 1. The molecule has 0 fully saturated rings. The maximum absolute atomic E-state index is 13.7. The van der Waals surface area contributed by atoms with Gasteiger partial charge in [-0.2, -0.15) is 0 Å². The van der Waals surface area contributed by atoms with Crippen LogP contribution < -0.4 is 5.32 Å². The van der Waals surface area contributed by atoms with Crippen molar-refractivity contribution in [2.75, 3.05) is 13.1 Å². The molecule has 0 aliphatic heterocycles. The molecule has 5 nitrogen and oxygen atoms in total. The number of thioether (sulfide) groups is 1. The van der Waals surface area contributed by atoms with Crippen molar-refractivity contribution in [3.8, 4) is 0 Å². The molecule has 0 unspecified atom stereocenters. The molecule has 8 heteroatoms. The topological polar surface area (TPSA) is 55.6 Å². The first-order chi connectivity index (χ1) is 9.72. The zero-order valence-corrected chi connectivity index (χ0v) is 12.6. The van der Waals surface area contributed by atoms with Crippen molar-refractivity contribution in [3.63, 3.8) is 0 Å². The molecule has 20 heavy (non-hydrogen) atoms. The monoisotopic (exact) mass is 315 g/mol. The van der Waals surface area contributed by atoms with E-state index in [9.17, 15) is 4.39 Å². The average Bonchev–Trinajstić information content (AvgIpc) is 2.86. The van der Waals surface area contributed by atoms with Gasteiger partial charge in [0, 0.05) is 22.9 Å². The smallest absolute Gasteiger partial charge is 0.209 e. The van der Waals surface area contributed by atoms with Crippen LogP contribution in [0.5, 0.6) is 0 Å². The van der Waals surface area contributed by atoms with Gasteiger partial charge >= 0.3 is 0 Å². The molecule has 0 spiro atoms. The van der Waals surface area contributed by atoms with Gasteiger partial charge in [-0.25, -0.2) is 9.07 Å². The number of tetrazole rings is 1. The fraction of sp³-hybridized carbons (Fsp3) is 0.417. The minimum Gasteiger partial charge on any atom is -0.315 e. The molecule has 0 saturated carbocycles. The van der Waals surface area contributed by atoms with Crippen molar-refractivity contribution >= 4 is 23.4 Å². The van der Waals surface area contributed by atoms with Crippen molar-refractivity contribution in [2.45, 2.75) is 24.4 Å². The first kappa shape index (κ1) is 15.2. The van der Waals surface area contributed by atoms with Gasteiger partial charge < -0.3 is 5.32 Å². The van der Waals surface area contributed by atoms with Crippen LogP contribution in [0.4, 0.5) is 4.39 Å². The highest BCUT2D eigenvalue weighted by Crippen LogP contribution is 2.26. The molecule has 0 atom stereocenters. The molecule has 0 saturated heterocycles. The highest BCUT2D eigenvalue weighted by Gasteiger charge is 2.11. The third-order valence-electron chi connectivity index (χ3n) is 2.66. The summed E-state index contributed by atoms with van der Waals surface area (Å²) in [5.74, 6) is 0.0873. The zero-order chi connectivity index (χ0) is 14.4. The summed E-state index contributed by atoms with van der Waals surface area (Å²) < 4.78 is 15.4. The first-order valence-corrected chi connectivity index (χ1v) is 7.61. The van der Waals surface area contributed by atoms with Gasteiger partial charge in [0.25, 0.3) is 0 Å². The lowest BCUT2D eigenvalue weighted by molar-refractivity contribution is 0.517. The fourth-order valence-corrected chi connectivity index (χ4v) is 2.86. The number of aromatic nitrogens is 4. The van der Waals surface area contributed by atoms with Crippen LogP contribution in [-0.4, -0.2) is 33.3 Å². The Hall–Kier alpha value is -1.18. The minimum absolute atomic E-state index is 0.309. The summed E-state index contributed by atoms with van der Waals surface area (Å²) >= 11 is 7.36. The maximum Gasteiger partial charge on any atom is 0.209 e. The number of rotatable bonds is 7. The summed E-state index contributed by atoms with van der Waals surface area (Å²) in [7, 11) is 0.